The Morgan fingerprint density at radius 3 is 2.33 bits per heavy atom. The first kappa shape index (κ1) is 14.8. The molecule has 2 rings (SSSR count). The number of hydrogen-bond donors (Lipinski definition) is 1. The molecule has 1 N–H and O–H groups in total. The second kappa shape index (κ2) is 6.69. The Labute approximate surface area is 122 Å². The molecule has 0 atom stereocenters. The summed E-state index contributed by atoms with van der Waals surface area (Å²) >= 11 is 0. The molecule has 3 nitrogen and oxygen atoms in total. The van der Waals surface area contributed by atoms with Gasteiger partial charge in [-0.2, -0.15) is 0 Å². The third kappa shape index (κ3) is 3.68. The van der Waals surface area contributed by atoms with Gasteiger partial charge in [0.2, 0.25) is 0 Å². The second-order valence-electron chi connectivity index (χ2n) is 4.38. The van der Waals surface area contributed by atoms with Crippen molar-refractivity contribution in [3.63, 3.8) is 0 Å². The van der Waals surface area contributed by atoms with E-state index in [4.69, 9.17) is 5.11 Å². The van der Waals surface area contributed by atoms with Gasteiger partial charge in [-0.25, -0.2) is 4.39 Å². The van der Waals surface area contributed by atoms with Crippen molar-refractivity contribution in [2.75, 3.05) is 18.6 Å². The van der Waals surface area contributed by atoms with Crippen LogP contribution in [0.1, 0.15) is 15.9 Å². The average Bonchev–Trinajstić information content (AvgIpc) is 2.53. The van der Waals surface area contributed by atoms with E-state index in [2.05, 4.69) is 11.8 Å². The maximum atomic E-state index is 12.9. The molecule has 0 radical (unpaired) electrons. The molecule has 21 heavy (non-hydrogen) atoms. The summed E-state index contributed by atoms with van der Waals surface area (Å²) in [6.45, 7) is -0.200. The van der Waals surface area contributed by atoms with Crippen LogP contribution in [0.3, 0.4) is 0 Å². The summed E-state index contributed by atoms with van der Waals surface area (Å²) in [7, 11) is 1.63. The molecule has 4 heteroatoms. The van der Waals surface area contributed by atoms with Gasteiger partial charge in [0.25, 0.3) is 5.91 Å². The van der Waals surface area contributed by atoms with E-state index in [1.807, 2.05) is 0 Å². The first-order chi connectivity index (χ1) is 10.1. The van der Waals surface area contributed by atoms with Gasteiger partial charge in [-0.15, -0.1) is 0 Å². The monoisotopic (exact) mass is 283 g/mol. The lowest BCUT2D eigenvalue weighted by Gasteiger charge is -2.17. The minimum absolute atomic E-state index is 0.191. The summed E-state index contributed by atoms with van der Waals surface area (Å²) in [5, 5.41) is 8.63. The van der Waals surface area contributed by atoms with Gasteiger partial charge in [0.05, 0.1) is 0 Å². The Balaban J connectivity index is 2.17. The predicted molar refractivity (Wildman–Crippen MR) is 79.5 cm³/mol. The number of rotatable bonds is 2. The number of carbonyl (C=O) groups is 1. The van der Waals surface area contributed by atoms with Gasteiger partial charge in [0.15, 0.2) is 0 Å². The van der Waals surface area contributed by atoms with E-state index in [0.29, 0.717) is 11.3 Å². The third-order valence-electron chi connectivity index (χ3n) is 2.96. The van der Waals surface area contributed by atoms with E-state index < -0.39 is 0 Å². The number of amides is 1. The molecule has 0 saturated heterocycles. The van der Waals surface area contributed by atoms with Gasteiger partial charge in [-0.1, -0.05) is 11.8 Å². The SMILES string of the molecule is CN(C(=O)c1ccc(C#CCO)cc1)c1ccc(F)cc1. The highest BCUT2D eigenvalue weighted by Crippen LogP contribution is 2.16. The molecule has 0 aliphatic heterocycles. The van der Waals surface area contributed by atoms with Gasteiger partial charge in [0, 0.05) is 23.9 Å². The number of halogens is 1. The van der Waals surface area contributed by atoms with Gasteiger partial charge >= 0.3 is 0 Å². The number of anilines is 1. The summed E-state index contributed by atoms with van der Waals surface area (Å²) in [5.41, 5.74) is 1.85. The number of nitrogens with zero attached hydrogens (tertiary/aromatic N) is 1. The van der Waals surface area contributed by atoms with Gasteiger partial charge in [-0.3, -0.25) is 4.79 Å². The number of aliphatic hydroxyl groups is 1. The molecule has 0 aliphatic carbocycles. The Morgan fingerprint density at radius 1 is 1.14 bits per heavy atom. The number of hydrogen-bond acceptors (Lipinski definition) is 2. The fraction of sp³-hybridized carbons (Fsp3) is 0.118. The van der Waals surface area contributed by atoms with Crippen LogP contribution in [-0.2, 0) is 0 Å². The Hall–Kier alpha value is -2.64. The topological polar surface area (TPSA) is 40.5 Å². The van der Waals surface area contributed by atoms with Crippen LogP contribution in [0, 0.1) is 17.7 Å². The molecule has 106 valence electrons. The first-order valence-electron chi connectivity index (χ1n) is 6.35. The number of carbonyl (C=O) groups excluding carboxylic acids is 1. The molecule has 0 saturated carbocycles. The molecule has 0 heterocycles. The third-order valence-corrected chi connectivity index (χ3v) is 2.96. The van der Waals surface area contributed by atoms with Crippen molar-refractivity contribution in [1.82, 2.24) is 0 Å². The molecule has 0 aromatic heterocycles. The highest BCUT2D eigenvalue weighted by atomic mass is 19.1. The molecule has 0 aliphatic rings. The van der Waals surface area contributed by atoms with E-state index in [-0.39, 0.29) is 18.3 Å². The van der Waals surface area contributed by atoms with Crippen molar-refractivity contribution in [2.24, 2.45) is 0 Å². The summed E-state index contributed by atoms with van der Waals surface area (Å²) in [4.78, 5) is 13.8. The molecule has 1 amide bonds. The lowest BCUT2D eigenvalue weighted by atomic mass is 10.1. The van der Waals surface area contributed by atoms with Crippen LogP contribution in [0.5, 0.6) is 0 Å². The smallest absolute Gasteiger partial charge is 0.258 e. The lowest BCUT2D eigenvalue weighted by molar-refractivity contribution is 0.0993. The molecule has 2 aromatic rings. The summed E-state index contributed by atoms with van der Waals surface area (Å²) < 4.78 is 12.9. The van der Waals surface area contributed by atoms with Gasteiger partial charge in [-0.05, 0) is 48.5 Å². The predicted octanol–water partition coefficient (Wildman–Crippen LogP) is 2.45. The minimum atomic E-state index is -0.341. The normalized spacial score (nSPS) is 9.67. The van der Waals surface area contributed by atoms with Crippen molar-refractivity contribution in [2.45, 2.75) is 0 Å². The summed E-state index contributed by atoms with van der Waals surface area (Å²) in [5.74, 6) is 4.77. The zero-order chi connectivity index (χ0) is 15.2. The highest BCUT2D eigenvalue weighted by Gasteiger charge is 2.13. The maximum Gasteiger partial charge on any atom is 0.258 e. The van der Waals surface area contributed by atoms with Crippen molar-refractivity contribution in [1.29, 1.82) is 0 Å². The van der Waals surface area contributed by atoms with Crippen molar-refractivity contribution in [3.8, 4) is 11.8 Å². The largest absolute Gasteiger partial charge is 0.384 e. The van der Waals surface area contributed by atoms with Crippen LogP contribution in [0.2, 0.25) is 0 Å². The van der Waals surface area contributed by atoms with Crippen LogP contribution in [-0.4, -0.2) is 24.7 Å². The molecule has 2 aromatic carbocycles. The van der Waals surface area contributed by atoms with Gasteiger partial charge in [0.1, 0.15) is 12.4 Å². The Bertz CT molecular complexity index is 681. The van der Waals surface area contributed by atoms with E-state index in [9.17, 15) is 9.18 Å². The van der Waals surface area contributed by atoms with E-state index in [1.54, 1.807) is 43.4 Å². The summed E-state index contributed by atoms with van der Waals surface area (Å²) in [6.07, 6.45) is 0. The highest BCUT2D eigenvalue weighted by molar-refractivity contribution is 6.05. The maximum absolute atomic E-state index is 12.9. The fourth-order valence-corrected chi connectivity index (χ4v) is 1.81. The Kier molecular flexibility index (Phi) is 4.70. The minimum Gasteiger partial charge on any atom is -0.384 e. The summed E-state index contributed by atoms with van der Waals surface area (Å²) in [6, 6.07) is 12.5. The van der Waals surface area contributed by atoms with Crippen LogP contribution in [0.15, 0.2) is 48.5 Å². The molecular formula is C17H14FNO2. The zero-order valence-electron chi connectivity index (χ0n) is 11.5. The molecule has 0 spiro atoms. The first-order valence-corrected chi connectivity index (χ1v) is 6.35. The van der Waals surface area contributed by atoms with Gasteiger partial charge < -0.3 is 10.0 Å². The molecular weight excluding hydrogens is 269 g/mol. The van der Waals surface area contributed by atoms with Crippen molar-refractivity contribution in [3.05, 3.63) is 65.5 Å². The standard InChI is InChI=1S/C17H14FNO2/c1-19(16-10-8-15(18)9-11-16)17(21)14-6-4-13(5-7-14)3-2-12-20/h4-11,20H,12H2,1H3. The second-order valence-corrected chi connectivity index (χ2v) is 4.38. The zero-order valence-corrected chi connectivity index (χ0v) is 11.5. The van der Waals surface area contributed by atoms with Crippen LogP contribution >= 0.6 is 0 Å². The van der Waals surface area contributed by atoms with E-state index in [1.165, 1.54) is 17.0 Å². The molecule has 0 bridgehead atoms. The van der Waals surface area contributed by atoms with Crippen LogP contribution < -0.4 is 4.90 Å². The van der Waals surface area contributed by atoms with Crippen LogP contribution in [0.4, 0.5) is 10.1 Å². The van der Waals surface area contributed by atoms with Crippen molar-refractivity contribution >= 4 is 11.6 Å². The van der Waals surface area contributed by atoms with E-state index in [0.717, 1.165) is 5.56 Å². The molecule has 0 unspecified atom stereocenters. The quantitative estimate of drug-likeness (QED) is 0.860. The molecule has 0 fully saturated rings. The van der Waals surface area contributed by atoms with Crippen molar-refractivity contribution < 1.29 is 14.3 Å². The number of aliphatic hydroxyl groups excluding tert-OH is 1. The lowest BCUT2D eigenvalue weighted by Crippen LogP contribution is -2.26. The van der Waals surface area contributed by atoms with Crippen LogP contribution in [0.25, 0.3) is 0 Å². The Morgan fingerprint density at radius 2 is 1.76 bits per heavy atom. The van der Waals surface area contributed by atoms with E-state index >= 15 is 0 Å². The fourth-order valence-electron chi connectivity index (χ4n) is 1.81. The average molecular weight is 283 g/mol. The number of benzene rings is 2.